The van der Waals surface area contributed by atoms with Gasteiger partial charge in [0.2, 0.25) is 0 Å². The van der Waals surface area contributed by atoms with E-state index >= 15 is 0 Å². The van der Waals surface area contributed by atoms with E-state index in [0.29, 0.717) is 17.3 Å². The van der Waals surface area contributed by atoms with Gasteiger partial charge in [-0.1, -0.05) is 23.7 Å². The van der Waals surface area contributed by atoms with E-state index in [2.05, 4.69) is 15.5 Å². The second-order valence-corrected chi connectivity index (χ2v) is 7.45. The number of amides is 4. The zero-order chi connectivity index (χ0) is 18.4. The van der Waals surface area contributed by atoms with Gasteiger partial charge in [0.1, 0.15) is 0 Å². The molecule has 0 aromatic heterocycles. The zero-order valence-corrected chi connectivity index (χ0v) is 15.8. The van der Waals surface area contributed by atoms with Gasteiger partial charge in [-0.15, -0.1) is 0 Å². The van der Waals surface area contributed by atoms with Crippen LogP contribution in [-0.2, 0) is 0 Å². The molecule has 1 atom stereocenters. The molecule has 142 valence electrons. The van der Waals surface area contributed by atoms with Gasteiger partial charge in [-0.25, -0.2) is 9.59 Å². The van der Waals surface area contributed by atoms with E-state index in [1.807, 2.05) is 4.90 Å². The number of rotatable bonds is 4. The molecule has 1 aromatic rings. The fourth-order valence-electron chi connectivity index (χ4n) is 3.79. The van der Waals surface area contributed by atoms with Crippen LogP contribution in [0.1, 0.15) is 38.5 Å². The fourth-order valence-corrected chi connectivity index (χ4v) is 3.97. The van der Waals surface area contributed by atoms with Crippen LogP contribution in [0.3, 0.4) is 0 Å². The highest BCUT2D eigenvalue weighted by molar-refractivity contribution is 6.33. The molecule has 0 bridgehead atoms. The Balaban J connectivity index is 1.52. The average Bonchev–Trinajstić information content (AvgIpc) is 3.15. The summed E-state index contributed by atoms with van der Waals surface area (Å²) >= 11 is 6.04. The summed E-state index contributed by atoms with van der Waals surface area (Å²) in [4.78, 5) is 29.0. The van der Waals surface area contributed by atoms with Gasteiger partial charge >= 0.3 is 12.1 Å². The molecule has 1 aromatic carbocycles. The van der Waals surface area contributed by atoms with E-state index in [1.165, 1.54) is 25.9 Å². The molecular weight excluding hydrogens is 352 g/mol. The summed E-state index contributed by atoms with van der Waals surface area (Å²) < 4.78 is 0. The Morgan fingerprint density at radius 1 is 1.08 bits per heavy atom. The van der Waals surface area contributed by atoms with Crippen molar-refractivity contribution in [2.24, 2.45) is 0 Å². The van der Waals surface area contributed by atoms with E-state index in [4.69, 9.17) is 11.6 Å². The maximum atomic E-state index is 12.6. The predicted molar refractivity (Wildman–Crippen MR) is 104 cm³/mol. The van der Waals surface area contributed by atoms with E-state index in [9.17, 15) is 9.59 Å². The molecule has 2 saturated heterocycles. The topological polar surface area (TPSA) is 64.7 Å². The molecule has 2 N–H and O–H groups in total. The van der Waals surface area contributed by atoms with Gasteiger partial charge in [-0.05, 0) is 63.7 Å². The van der Waals surface area contributed by atoms with E-state index in [1.54, 1.807) is 24.3 Å². The van der Waals surface area contributed by atoms with Crippen LogP contribution >= 0.6 is 11.6 Å². The van der Waals surface area contributed by atoms with Crippen LogP contribution in [0.15, 0.2) is 24.3 Å². The molecule has 3 rings (SSSR count). The SMILES string of the molecule is O=C(NC(=O)N1CCCCC1CCN1CCCC1)Nc1ccccc1Cl. The smallest absolute Gasteiger partial charge is 0.321 e. The first-order chi connectivity index (χ1) is 12.6. The minimum absolute atomic E-state index is 0.206. The number of halogens is 1. The van der Waals surface area contributed by atoms with Crippen LogP contribution in [0.4, 0.5) is 15.3 Å². The van der Waals surface area contributed by atoms with E-state index < -0.39 is 6.03 Å². The Labute approximate surface area is 159 Å². The van der Waals surface area contributed by atoms with Crippen LogP contribution in [0.2, 0.25) is 5.02 Å². The van der Waals surface area contributed by atoms with E-state index in [0.717, 1.165) is 32.2 Å². The molecule has 4 amide bonds. The molecule has 0 radical (unpaired) electrons. The highest BCUT2D eigenvalue weighted by atomic mass is 35.5. The predicted octanol–water partition coefficient (Wildman–Crippen LogP) is 3.92. The number of piperidine rings is 1. The molecule has 0 aliphatic carbocycles. The molecule has 0 spiro atoms. The molecule has 6 nitrogen and oxygen atoms in total. The molecule has 2 fully saturated rings. The first-order valence-corrected chi connectivity index (χ1v) is 9.87. The third kappa shape index (κ3) is 5.11. The number of imide groups is 1. The molecule has 2 aliphatic heterocycles. The molecule has 1 unspecified atom stereocenters. The second kappa shape index (κ2) is 9.24. The lowest BCUT2D eigenvalue weighted by atomic mass is 9.99. The van der Waals surface area contributed by atoms with Gasteiger partial charge in [0, 0.05) is 19.1 Å². The molecule has 26 heavy (non-hydrogen) atoms. The summed E-state index contributed by atoms with van der Waals surface area (Å²) in [6.07, 6.45) is 6.65. The third-order valence-corrected chi connectivity index (χ3v) is 5.54. The van der Waals surface area contributed by atoms with Crippen molar-refractivity contribution in [3.05, 3.63) is 29.3 Å². The van der Waals surface area contributed by atoms with Gasteiger partial charge < -0.3 is 15.1 Å². The quantitative estimate of drug-likeness (QED) is 0.834. The summed E-state index contributed by atoms with van der Waals surface area (Å²) in [7, 11) is 0. The van der Waals surface area contributed by atoms with Gasteiger partial charge in [0.15, 0.2) is 0 Å². The standard InChI is InChI=1S/C19H27ClN4O2/c20-16-8-1-2-9-17(16)21-18(25)22-19(26)24-13-4-3-7-15(24)10-14-23-11-5-6-12-23/h1-2,8-9,15H,3-7,10-14H2,(H2,21,22,25,26). The number of hydrogen-bond donors (Lipinski definition) is 2. The Kier molecular flexibility index (Phi) is 6.74. The van der Waals surface area contributed by atoms with Crippen LogP contribution in [0.5, 0.6) is 0 Å². The zero-order valence-electron chi connectivity index (χ0n) is 15.0. The number of hydrogen-bond acceptors (Lipinski definition) is 3. The van der Waals surface area contributed by atoms with Crippen molar-refractivity contribution in [1.29, 1.82) is 0 Å². The van der Waals surface area contributed by atoms with Crippen LogP contribution < -0.4 is 10.6 Å². The number of likely N-dealkylation sites (tertiary alicyclic amines) is 2. The summed E-state index contributed by atoms with van der Waals surface area (Å²) in [6, 6.07) is 6.30. The largest absolute Gasteiger partial charge is 0.327 e. The Bertz CT molecular complexity index is 634. The normalized spacial score (nSPS) is 20.8. The number of nitrogens with one attached hydrogen (secondary N) is 2. The number of anilines is 1. The lowest BCUT2D eigenvalue weighted by Gasteiger charge is -2.36. The van der Waals surface area contributed by atoms with Crippen LogP contribution in [-0.4, -0.2) is 54.1 Å². The summed E-state index contributed by atoms with van der Waals surface area (Å²) in [5.41, 5.74) is 0.490. The van der Waals surface area contributed by atoms with Crippen molar-refractivity contribution in [3.63, 3.8) is 0 Å². The number of nitrogens with zero attached hydrogens (tertiary/aromatic N) is 2. The van der Waals surface area contributed by atoms with Crippen molar-refractivity contribution in [1.82, 2.24) is 15.1 Å². The monoisotopic (exact) mass is 378 g/mol. The van der Waals surface area contributed by atoms with Crippen molar-refractivity contribution in [2.45, 2.75) is 44.6 Å². The number of carbonyl (C=O) groups excluding carboxylic acids is 2. The van der Waals surface area contributed by atoms with Crippen molar-refractivity contribution >= 4 is 29.4 Å². The highest BCUT2D eigenvalue weighted by Gasteiger charge is 2.28. The molecular formula is C19H27ClN4O2. The molecule has 7 heteroatoms. The molecule has 0 saturated carbocycles. The fraction of sp³-hybridized carbons (Fsp3) is 0.579. The Morgan fingerprint density at radius 3 is 2.58 bits per heavy atom. The first kappa shape index (κ1) is 19.0. The highest BCUT2D eigenvalue weighted by Crippen LogP contribution is 2.22. The average molecular weight is 379 g/mol. The molecule has 2 heterocycles. The number of urea groups is 2. The van der Waals surface area contributed by atoms with Crippen LogP contribution in [0, 0.1) is 0 Å². The summed E-state index contributed by atoms with van der Waals surface area (Å²) in [5.74, 6) is 0. The summed E-state index contributed by atoms with van der Waals surface area (Å²) in [6.45, 7) is 4.06. The van der Waals surface area contributed by atoms with Gasteiger partial charge in [-0.2, -0.15) is 0 Å². The minimum atomic E-state index is -0.549. The van der Waals surface area contributed by atoms with E-state index in [-0.39, 0.29) is 12.1 Å². The van der Waals surface area contributed by atoms with Crippen LogP contribution in [0.25, 0.3) is 0 Å². The minimum Gasteiger partial charge on any atom is -0.321 e. The number of carbonyl (C=O) groups is 2. The van der Waals surface area contributed by atoms with Crippen molar-refractivity contribution in [3.8, 4) is 0 Å². The first-order valence-electron chi connectivity index (χ1n) is 9.49. The van der Waals surface area contributed by atoms with Gasteiger partial charge in [0.05, 0.1) is 10.7 Å². The second-order valence-electron chi connectivity index (χ2n) is 7.04. The van der Waals surface area contributed by atoms with Crippen molar-refractivity contribution < 1.29 is 9.59 Å². The lowest BCUT2D eigenvalue weighted by molar-refractivity contribution is 0.140. The maximum absolute atomic E-state index is 12.6. The van der Waals surface area contributed by atoms with Gasteiger partial charge in [0.25, 0.3) is 0 Å². The summed E-state index contributed by atoms with van der Waals surface area (Å²) in [5, 5.41) is 5.52. The van der Waals surface area contributed by atoms with Crippen molar-refractivity contribution in [2.75, 3.05) is 31.5 Å². The maximum Gasteiger partial charge on any atom is 0.327 e. The number of para-hydroxylation sites is 1. The Hall–Kier alpha value is -1.79. The molecule has 2 aliphatic rings. The lowest BCUT2D eigenvalue weighted by Crippen LogP contribution is -2.51. The van der Waals surface area contributed by atoms with Gasteiger partial charge in [-0.3, -0.25) is 5.32 Å². The number of benzene rings is 1. The Morgan fingerprint density at radius 2 is 1.81 bits per heavy atom. The third-order valence-electron chi connectivity index (χ3n) is 5.21.